The van der Waals surface area contributed by atoms with E-state index >= 15 is 0 Å². The molecular weight excluding hydrogens is 220 g/mol. The van der Waals surface area contributed by atoms with Gasteiger partial charge in [-0.05, 0) is 25.0 Å². The first-order valence-corrected chi connectivity index (χ1v) is 6.35. The zero-order valence-corrected chi connectivity index (χ0v) is 11.1. The van der Waals surface area contributed by atoms with Gasteiger partial charge in [0.25, 0.3) is 0 Å². The molecule has 0 aliphatic carbocycles. The largest absolute Gasteiger partial charge is 0.496 e. The fourth-order valence-corrected chi connectivity index (χ4v) is 2.48. The van der Waals surface area contributed by atoms with Gasteiger partial charge in [0.05, 0.1) is 12.7 Å². The summed E-state index contributed by atoms with van der Waals surface area (Å²) in [5.41, 5.74) is 0.704. The van der Waals surface area contributed by atoms with E-state index in [1.165, 1.54) is 0 Å². The Labute approximate surface area is 101 Å². The van der Waals surface area contributed by atoms with Gasteiger partial charge < -0.3 is 4.74 Å². The Bertz CT molecular complexity index is 372. The number of hydrogen-bond acceptors (Lipinski definition) is 3. The summed E-state index contributed by atoms with van der Waals surface area (Å²) in [5.74, 6) is 2.34. The van der Waals surface area contributed by atoms with Gasteiger partial charge in [-0.1, -0.05) is 19.9 Å². The van der Waals surface area contributed by atoms with Crippen LogP contribution >= 0.6 is 11.8 Å². The topological polar surface area (TPSA) is 26.3 Å². The van der Waals surface area contributed by atoms with Crippen LogP contribution in [0.25, 0.3) is 0 Å². The van der Waals surface area contributed by atoms with Crippen molar-refractivity contribution in [1.82, 2.24) is 0 Å². The lowest BCUT2D eigenvalue weighted by Crippen LogP contribution is -2.01. The number of methoxy groups -OCH3 is 1. The maximum Gasteiger partial charge on any atom is 0.164 e. The molecule has 0 saturated carbocycles. The van der Waals surface area contributed by atoms with Crippen LogP contribution < -0.4 is 4.74 Å². The molecule has 0 aliphatic heterocycles. The van der Waals surface area contributed by atoms with Crippen LogP contribution in [0.3, 0.4) is 0 Å². The highest BCUT2D eigenvalue weighted by molar-refractivity contribution is 7.99. The van der Waals surface area contributed by atoms with Crippen LogP contribution in [0.15, 0.2) is 23.1 Å². The molecular formula is C13H18O2S. The second-order valence-electron chi connectivity index (χ2n) is 4.09. The zero-order valence-electron chi connectivity index (χ0n) is 10.2. The lowest BCUT2D eigenvalue weighted by atomic mass is 10.1. The number of thioether (sulfide) groups is 1. The molecule has 0 atom stereocenters. The van der Waals surface area contributed by atoms with Crippen LogP contribution in [-0.2, 0) is 0 Å². The predicted octanol–water partition coefficient (Wildman–Crippen LogP) is 3.65. The van der Waals surface area contributed by atoms with Crippen molar-refractivity contribution in [1.29, 1.82) is 0 Å². The molecule has 0 bridgehead atoms. The van der Waals surface area contributed by atoms with Gasteiger partial charge in [-0.15, -0.1) is 11.8 Å². The minimum Gasteiger partial charge on any atom is -0.496 e. The molecule has 0 N–H and O–H groups in total. The summed E-state index contributed by atoms with van der Waals surface area (Å²) >= 11 is 1.71. The summed E-state index contributed by atoms with van der Waals surface area (Å²) in [6, 6.07) is 5.73. The van der Waals surface area contributed by atoms with E-state index in [0.717, 1.165) is 10.6 Å². The predicted molar refractivity (Wildman–Crippen MR) is 68.6 cm³/mol. The monoisotopic (exact) mass is 238 g/mol. The average Bonchev–Trinajstić information content (AvgIpc) is 2.25. The molecule has 0 spiro atoms. The molecule has 0 fully saturated rings. The molecule has 1 aromatic rings. The van der Waals surface area contributed by atoms with Crippen molar-refractivity contribution >= 4 is 17.5 Å². The molecule has 0 amide bonds. The Morgan fingerprint density at radius 2 is 2.12 bits per heavy atom. The highest BCUT2D eigenvalue weighted by atomic mass is 32.2. The van der Waals surface area contributed by atoms with Crippen LogP contribution in [0.4, 0.5) is 0 Å². The molecule has 2 nitrogen and oxygen atoms in total. The number of ether oxygens (including phenoxy) is 1. The van der Waals surface area contributed by atoms with Crippen molar-refractivity contribution in [2.24, 2.45) is 5.92 Å². The molecule has 16 heavy (non-hydrogen) atoms. The van der Waals surface area contributed by atoms with Crippen LogP contribution in [0.5, 0.6) is 5.75 Å². The minimum atomic E-state index is 0.0590. The van der Waals surface area contributed by atoms with E-state index in [1.807, 2.05) is 18.2 Å². The van der Waals surface area contributed by atoms with Gasteiger partial charge in [-0.2, -0.15) is 0 Å². The van der Waals surface area contributed by atoms with Crippen LogP contribution in [0, 0.1) is 5.92 Å². The fraction of sp³-hybridized carbons (Fsp3) is 0.462. The molecule has 0 aromatic heterocycles. The van der Waals surface area contributed by atoms with Crippen molar-refractivity contribution in [2.75, 3.05) is 12.9 Å². The summed E-state index contributed by atoms with van der Waals surface area (Å²) in [6.45, 7) is 5.92. The Balaban J connectivity index is 3.02. The first-order valence-electron chi connectivity index (χ1n) is 5.37. The average molecular weight is 238 g/mol. The van der Waals surface area contributed by atoms with E-state index in [4.69, 9.17) is 4.74 Å². The molecule has 3 heteroatoms. The van der Waals surface area contributed by atoms with E-state index in [0.29, 0.717) is 17.2 Å². The molecule has 0 unspecified atom stereocenters. The number of rotatable bonds is 5. The first-order chi connectivity index (χ1) is 7.56. The third kappa shape index (κ3) is 3.27. The number of carbonyl (C=O) groups excluding carboxylic acids is 1. The third-order valence-electron chi connectivity index (χ3n) is 2.13. The fourth-order valence-electron chi connectivity index (χ4n) is 1.40. The number of carbonyl (C=O) groups is 1. The van der Waals surface area contributed by atoms with Gasteiger partial charge in [-0.25, -0.2) is 0 Å². The van der Waals surface area contributed by atoms with Crippen LogP contribution in [-0.4, -0.2) is 18.6 Å². The highest BCUT2D eigenvalue weighted by Crippen LogP contribution is 2.31. The summed E-state index contributed by atoms with van der Waals surface area (Å²) in [6.07, 6.45) is 0. The second kappa shape index (κ2) is 5.94. The number of hydrogen-bond donors (Lipinski definition) is 0. The van der Waals surface area contributed by atoms with Crippen LogP contribution in [0.2, 0.25) is 0 Å². The van der Waals surface area contributed by atoms with Gasteiger partial charge in [0, 0.05) is 10.6 Å². The molecule has 0 aliphatic rings. The number of Topliss-reactive ketones (excluding diaryl/α,β-unsaturated/α-hetero) is 1. The van der Waals surface area contributed by atoms with Crippen molar-refractivity contribution in [3.8, 4) is 5.75 Å². The lowest BCUT2D eigenvalue weighted by molar-refractivity contribution is 0.101. The van der Waals surface area contributed by atoms with E-state index in [2.05, 4.69) is 13.8 Å². The zero-order chi connectivity index (χ0) is 12.1. The van der Waals surface area contributed by atoms with Crippen molar-refractivity contribution in [3.05, 3.63) is 23.8 Å². The molecule has 0 heterocycles. The molecule has 1 rings (SSSR count). The molecule has 1 aromatic carbocycles. The SMILES string of the molecule is COc1cccc(SCC(C)C)c1C(C)=O. The van der Waals surface area contributed by atoms with Crippen molar-refractivity contribution in [2.45, 2.75) is 25.7 Å². The summed E-state index contributed by atoms with van der Waals surface area (Å²) in [5, 5.41) is 0. The third-order valence-corrected chi connectivity index (χ3v) is 3.62. The molecule has 88 valence electrons. The quantitative estimate of drug-likeness (QED) is 0.578. The van der Waals surface area contributed by atoms with Gasteiger partial charge in [0.15, 0.2) is 5.78 Å². The Morgan fingerprint density at radius 3 is 2.62 bits per heavy atom. The maximum absolute atomic E-state index is 11.6. The summed E-state index contributed by atoms with van der Waals surface area (Å²) < 4.78 is 5.22. The van der Waals surface area contributed by atoms with E-state index in [1.54, 1.807) is 25.8 Å². The van der Waals surface area contributed by atoms with E-state index in [-0.39, 0.29) is 5.78 Å². The van der Waals surface area contributed by atoms with Gasteiger partial charge in [0.1, 0.15) is 5.75 Å². The lowest BCUT2D eigenvalue weighted by Gasteiger charge is -2.12. The summed E-state index contributed by atoms with van der Waals surface area (Å²) in [4.78, 5) is 12.6. The normalized spacial score (nSPS) is 10.6. The van der Waals surface area contributed by atoms with Gasteiger partial charge >= 0.3 is 0 Å². The Morgan fingerprint density at radius 1 is 1.44 bits per heavy atom. The first kappa shape index (κ1) is 13.1. The van der Waals surface area contributed by atoms with E-state index in [9.17, 15) is 4.79 Å². The Hall–Kier alpha value is -0.960. The molecule has 0 saturated heterocycles. The standard InChI is InChI=1S/C13H18O2S/c1-9(2)8-16-12-7-5-6-11(15-4)13(12)10(3)14/h5-7,9H,8H2,1-4H3. The Kier molecular flexibility index (Phi) is 4.87. The van der Waals surface area contributed by atoms with Crippen molar-refractivity contribution in [3.63, 3.8) is 0 Å². The number of benzene rings is 1. The summed E-state index contributed by atoms with van der Waals surface area (Å²) in [7, 11) is 1.60. The second-order valence-corrected chi connectivity index (χ2v) is 5.16. The van der Waals surface area contributed by atoms with E-state index < -0.39 is 0 Å². The number of ketones is 1. The van der Waals surface area contributed by atoms with Crippen molar-refractivity contribution < 1.29 is 9.53 Å². The smallest absolute Gasteiger partial charge is 0.164 e. The van der Waals surface area contributed by atoms with Gasteiger partial charge in [-0.3, -0.25) is 4.79 Å². The minimum absolute atomic E-state index is 0.0590. The molecule has 0 radical (unpaired) electrons. The van der Waals surface area contributed by atoms with Gasteiger partial charge in [0.2, 0.25) is 0 Å². The highest BCUT2D eigenvalue weighted by Gasteiger charge is 2.13. The van der Waals surface area contributed by atoms with Crippen LogP contribution in [0.1, 0.15) is 31.1 Å². The maximum atomic E-state index is 11.6.